The molecule has 1 unspecified atom stereocenters. The van der Waals surface area contributed by atoms with E-state index in [2.05, 4.69) is 9.97 Å². The summed E-state index contributed by atoms with van der Waals surface area (Å²) in [6.45, 7) is 4.30. The van der Waals surface area contributed by atoms with Crippen molar-refractivity contribution >= 4 is 5.91 Å². The number of carbonyl (C=O) groups excluding carboxylic acids is 1. The van der Waals surface area contributed by atoms with Crippen LogP contribution in [0, 0.1) is 6.92 Å². The normalized spacial score (nSPS) is 17.8. The van der Waals surface area contributed by atoms with Crippen molar-refractivity contribution in [2.75, 3.05) is 6.54 Å². The van der Waals surface area contributed by atoms with E-state index in [0.717, 1.165) is 37.3 Å². The third-order valence-corrected chi connectivity index (χ3v) is 4.02. The molecular weight excluding hydrogens is 290 g/mol. The molecule has 1 fully saturated rings. The van der Waals surface area contributed by atoms with Gasteiger partial charge in [0.15, 0.2) is 5.82 Å². The number of hydrogen-bond donors (Lipinski definition) is 0. The Balaban J connectivity index is 1.89. The lowest BCUT2D eigenvalue weighted by Gasteiger charge is -2.34. The quantitative estimate of drug-likeness (QED) is 0.868. The van der Waals surface area contributed by atoms with Crippen LogP contribution in [0.25, 0.3) is 0 Å². The summed E-state index contributed by atoms with van der Waals surface area (Å²) in [6, 6.07) is 11.3. The molecule has 0 bridgehead atoms. The van der Waals surface area contributed by atoms with Gasteiger partial charge in [-0.2, -0.15) is 4.98 Å². The van der Waals surface area contributed by atoms with E-state index in [-0.39, 0.29) is 11.9 Å². The highest BCUT2D eigenvalue weighted by Gasteiger charge is 2.28. The zero-order valence-electron chi connectivity index (χ0n) is 13.5. The summed E-state index contributed by atoms with van der Waals surface area (Å²) < 4.78 is 5.83. The van der Waals surface area contributed by atoms with Gasteiger partial charge in [-0.1, -0.05) is 18.2 Å². The van der Waals surface area contributed by atoms with Crippen molar-refractivity contribution in [3.05, 3.63) is 47.9 Å². The average Bonchev–Trinajstić information content (AvgIpc) is 2.55. The van der Waals surface area contributed by atoms with Gasteiger partial charge >= 0.3 is 0 Å². The van der Waals surface area contributed by atoms with E-state index < -0.39 is 0 Å². The molecule has 1 aliphatic heterocycles. The van der Waals surface area contributed by atoms with Gasteiger partial charge < -0.3 is 9.64 Å². The van der Waals surface area contributed by atoms with Crippen molar-refractivity contribution in [1.29, 1.82) is 0 Å². The molecular formula is C18H21N3O2. The zero-order chi connectivity index (χ0) is 16.2. The van der Waals surface area contributed by atoms with Crippen LogP contribution in [0.15, 0.2) is 36.4 Å². The second-order valence-electron chi connectivity index (χ2n) is 5.84. The molecule has 23 heavy (non-hydrogen) atoms. The minimum atomic E-state index is -0.0562. The van der Waals surface area contributed by atoms with Crippen LogP contribution in [0.2, 0.25) is 0 Å². The Bertz CT molecular complexity index is 688. The average molecular weight is 311 g/mol. The highest BCUT2D eigenvalue weighted by molar-refractivity contribution is 5.73. The molecule has 1 aromatic heterocycles. The third kappa shape index (κ3) is 3.67. The number of benzene rings is 1. The van der Waals surface area contributed by atoms with E-state index in [4.69, 9.17) is 4.74 Å². The standard InChI is InChI=1S/C18H21N3O2/c1-13-12-17(23-15-8-4-3-5-9-15)20-18(19-13)16-10-6-7-11-21(16)14(2)22/h3-5,8-9,12,16H,6-7,10-11H2,1-2H3. The van der Waals surface area contributed by atoms with Gasteiger partial charge in [-0.05, 0) is 38.3 Å². The summed E-state index contributed by atoms with van der Waals surface area (Å²) in [6.07, 6.45) is 3.02. The van der Waals surface area contributed by atoms with Crippen LogP contribution in [-0.4, -0.2) is 27.3 Å². The Labute approximate surface area is 136 Å². The number of rotatable bonds is 3. The largest absolute Gasteiger partial charge is 0.439 e. The van der Waals surface area contributed by atoms with Crippen molar-refractivity contribution in [3.8, 4) is 11.6 Å². The SMILES string of the molecule is CC(=O)N1CCCCC1c1nc(C)cc(Oc2ccccc2)n1. The van der Waals surface area contributed by atoms with Gasteiger partial charge in [0.1, 0.15) is 5.75 Å². The molecule has 1 amide bonds. The predicted octanol–water partition coefficient (Wildman–Crippen LogP) is 3.65. The van der Waals surface area contributed by atoms with Gasteiger partial charge in [-0.15, -0.1) is 0 Å². The van der Waals surface area contributed by atoms with Crippen molar-refractivity contribution in [1.82, 2.24) is 14.9 Å². The molecule has 2 aromatic rings. The Morgan fingerprint density at radius 3 is 2.74 bits per heavy atom. The topological polar surface area (TPSA) is 55.3 Å². The molecule has 1 aliphatic rings. The van der Waals surface area contributed by atoms with E-state index in [1.54, 1.807) is 6.92 Å². The number of nitrogens with zero attached hydrogens (tertiary/aromatic N) is 3. The Morgan fingerprint density at radius 2 is 2.00 bits per heavy atom. The van der Waals surface area contributed by atoms with E-state index in [1.165, 1.54) is 0 Å². The van der Waals surface area contributed by atoms with Gasteiger partial charge in [-0.3, -0.25) is 4.79 Å². The molecule has 5 heteroatoms. The van der Waals surface area contributed by atoms with E-state index in [0.29, 0.717) is 11.7 Å². The first-order chi connectivity index (χ1) is 11.1. The number of aryl methyl sites for hydroxylation is 1. The van der Waals surface area contributed by atoms with Crippen molar-refractivity contribution in [3.63, 3.8) is 0 Å². The molecule has 1 saturated heterocycles. The molecule has 0 spiro atoms. The Kier molecular flexibility index (Phi) is 4.55. The van der Waals surface area contributed by atoms with Crippen LogP contribution >= 0.6 is 0 Å². The second kappa shape index (κ2) is 6.77. The molecule has 0 saturated carbocycles. The molecule has 120 valence electrons. The first-order valence-corrected chi connectivity index (χ1v) is 7.99. The zero-order valence-corrected chi connectivity index (χ0v) is 13.5. The van der Waals surface area contributed by atoms with Crippen LogP contribution in [-0.2, 0) is 4.79 Å². The fourth-order valence-corrected chi connectivity index (χ4v) is 2.95. The van der Waals surface area contributed by atoms with Gasteiger partial charge in [0, 0.05) is 25.2 Å². The molecule has 0 N–H and O–H groups in total. The summed E-state index contributed by atoms with van der Waals surface area (Å²) in [5.41, 5.74) is 0.843. The minimum absolute atomic E-state index is 0.0562. The summed E-state index contributed by atoms with van der Waals surface area (Å²) in [4.78, 5) is 22.9. The van der Waals surface area contributed by atoms with E-state index in [1.807, 2.05) is 48.2 Å². The number of piperidine rings is 1. The highest BCUT2D eigenvalue weighted by Crippen LogP contribution is 2.30. The number of carbonyl (C=O) groups is 1. The first-order valence-electron chi connectivity index (χ1n) is 7.99. The third-order valence-electron chi connectivity index (χ3n) is 4.02. The number of ether oxygens (including phenoxy) is 1. The fourth-order valence-electron chi connectivity index (χ4n) is 2.95. The lowest BCUT2D eigenvalue weighted by atomic mass is 10.0. The number of para-hydroxylation sites is 1. The number of likely N-dealkylation sites (tertiary alicyclic amines) is 1. The maximum absolute atomic E-state index is 11.9. The molecule has 1 atom stereocenters. The number of amides is 1. The van der Waals surface area contributed by atoms with Crippen molar-refractivity contribution < 1.29 is 9.53 Å². The Hall–Kier alpha value is -2.43. The first kappa shape index (κ1) is 15.5. The number of aromatic nitrogens is 2. The van der Waals surface area contributed by atoms with Crippen LogP contribution < -0.4 is 4.74 Å². The smallest absolute Gasteiger partial charge is 0.222 e. The lowest BCUT2D eigenvalue weighted by molar-refractivity contribution is -0.132. The van der Waals surface area contributed by atoms with Crippen LogP contribution in [0.4, 0.5) is 0 Å². The predicted molar refractivity (Wildman–Crippen MR) is 87.3 cm³/mol. The van der Waals surface area contributed by atoms with E-state index in [9.17, 15) is 4.79 Å². The van der Waals surface area contributed by atoms with E-state index >= 15 is 0 Å². The Morgan fingerprint density at radius 1 is 1.22 bits per heavy atom. The van der Waals surface area contributed by atoms with Gasteiger partial charge in [0.25, 0.3) is 0 Å². The maximum atomic E-state index is 11.9. The lowest BCUT2D eigenvalue weighted by Crippen LogP contribution is -2.37. The molecule has 0 radical (unpaired) electrons. The molecule has 5 nitrogen and oxygen atoms in total. The minimum Gasteiger partial charge on any atom is -0.439 e. The van der Waals surface area contributed by atoms with Crippen molar-refractivity contribution in [2.45, 2.75) is 39.2 Å². The maximum Gasteiger partial charge on any atom is 0.222 e. The number of hydrogen-bond acceptors (Lipinski definition) is 4. The molecule has 0 aliphatic carbocycles. The second-order valence-corrected chi connectivity index (χ2v) is 5.84. The summed E-state index contributed by atoms with van der Waals surface area (Å²) in [5, 5.41) is 0. The van der Waals surface area contributed by atoms with Crippen LogP contribution in [0.5, 0.6) is 11.6 Å². The monoisotopic (exact) mass is 311 g/mol. The van der Waals surface area contributed by atoms with Gasteiger partial charge in [-0.25, -0.2) is 4.98 Å². The molecule has 3 rings (SSSR count). The fraction of sp³-hybridized carbons (Fsp3) is 0.389. The van der Waals surface area contributed by atoms with Crippen LogP contribution in [0.3, 0.4) is 0 Å². The summed E-state index contributed by atoms with van der Waals surface area (Å²) >= 11 is 0. The highest BCUT2D eigenvalue weighted by atomic mass is 16.5. The summed E-state index contributed by atoms with van der Waals surface area (Å²) in [7, 11) is 0. The molecule has 1 aromatic carbocycles. The van der Waals surface area contributed by atoms with Gasteiger partial charge in [0.2, 0.25) is 11.8 Å². The van der Waals surface area contributed by atoms with Gasteiger partial charge in [0.05, 0.1) is 6.04 Å². The van der Waals surface area contributed by atoms with Crippen LogP contribution in [0.1, 0.15) is 43.7 Å². The summed E-state index contributed by atoms with van der Waals surface area (Å²) in [5.74, 6) is 2.01. The molecule has 2 heterocycles. The van der Waals surface area contributed by atoms with Crippen molar-refractivity contribution in [2.24, 2.45) is 0 Å².